The monoisotopic (exact) mass is 432 g/mol. The lowest BCUT2D eigenvalue weighted by atomic mass is 10.1. The lowest BCUT2D eigenvalue weighted by Gasteiger charge is -2.28. The SMILES string of the molecule is CCCCN(C(=O)c1cc(Cl)c(OCC(N)=O)c(OC)c1)C1CCS(=O)(=O)C1. The second kappa shape index (κ2) is 9.47. The number of carbonyl (C=O) groups is 2. The summed E-state index contributed by atoms with van der Waals surface area (Å²) in [7, 11) is -1.75. The van der Waals surface area contributed by atoms with Gasteiger partial charge in [-0.05, 0) is 25.0 Å². The predicted molar refractivity (Wildman–Crippen MR) is 106 cm³/mol. The van der Waals surface area contributed by atoms with Gasteiger partial charge in [-0.2, -0.15) is 0 Å². The van der Waals surface area contributed by atoms with E-state index in [1.807, 2.05) is 6.92 Å². The molecule has 1 heterocycles. The van der Waals surface area contributed by atoms with Gasteiger partial charge in [-0.1, -0.05) is 24.9 Å². The Morgan fingerprint density at radius 1 is 1.36 bits per heavy atom. The van der Waals surface area contributed by atoms with Gasteiger partial charge in [0.25, 0.3) is 11.8 Å². The maximum atomic E-state index is 13.1. The van der Waals surface area contributed by atoms with Gasteiger partial charge in [0.15, 0.2) is 27.9 Å². The second-order valence-corrected chi connectivity index (χ2v) is 9.29. The van der Waals surface area contributed by atoms with Crippen LogP contribution in [0.3, 0.4) is 0 Å². The van der Waals surface area contributed by atoms with E-state index in [9.17, 15) is 18.0 Å². The molecule has 8 nitrogen and oxygen atoms in total. The molecule has 0 aromatic heterocycles. The Kier molecular flexibility index (Phi) is 7.54. The highest BCUT2D eigenvalue weighted by atomic mass is 35.5. The van der Waals surface area contributed by atoms with Gasteiger partial charge in [-0.15, -0.1) is 0 Å². The predicted octanol–water partition coefficient (Wildman–Crippen LogP) is 1.64. The summed E-state index contributed by atoms with van der Waals surface area (Å²) in [6.45, 7) is 2.07. The number of sulfone groups is 1. The topological polar surface area (TPSA) is 116 Å². The van der Waals surface area contributed by atoms with Crippen LogP contribution in [0.5, 0.6) is 11.5 Å². The molecule has 2 N–H and O–H groups in total. The summed E-state index contributed by atoms with van der Waals surface area (Å²) in [5.74, 6) is -0.650. The van der Waals surface area contributed by atoms with Crippen LogP contribution in [0.15, 0.2) is 12.1 Å². The van der Waals surface area contributed by atoms with E-state index in [1.54, 1.807) is 4.90 Å². The minimum absolute atomic E-state index is 0.0346. The molecule has 1 aliphatic rings. The molecule has 1 aromatic carbocycles. The van der Waals surface area contributed by atoms with Crippen molar-refractivity contribution in [3.63, 3.8) is 0 Å². The van der Waals surface area contributed by atoms with Gasteiger partial charge >= 0.3 is 0 Å². The molecule has 156 valence electrons. The van der Waals surface area contributed by atoms with Gasteiger partial charge in [0.1, 0.15) is 0 Å². The number of halogens is 1. The Bertz CT molecular complexity index is 843. The summed E-state index contributed by atoms with van der Waals surface area (Å²) in [6.07, 6.45) is 2.04. The Hall–Kier alpha value is -2.00. The maximum Gasteiger partial charge on any atom is 0.255 e. The van der Waals surface area contributed by atoms with Gasteiger partial charge in [-0.25, -0.2) is 8.42 Å². The minimum atomic E-state index is -3.13. The number of primary amides is 1. The molecule has 0 bridgehead atoms. The van der Waals surface area contributed by atoms with Gasteiger partial charge in [0.05, 0.1) is 23.6 Å². The average molecular weight is 433 g/mol. The molecule has 2 amide bonds. The second-order valence-electron chi connectivity index (χ2n) is 6.65. The van der Waals surface area contributed by atoms with Crippen LogP contribution in [0.2, 0.25) is 5.02 Å². The molecule has 1 unspecified atom stereocenters. The van der Waals surface area contributed by atoms with Crippen molar-refractivity contribution in [2.45, 2.75) is 32.2 Å². The van der Waals surface area contributed by atoms with E-state index in [1.165, 1.54) is 19.2 Å². The van der Waals surface area contributed by atoms with E-state index in [4.69, 9.17) is 26.8 Å². The molecule has 10 heteroatoms. The number of rotatable bonds is 9. The molecule has 28 heavy (non-hydrogen) atoms. The number of nitrogens with two attached hydrogens (primary N) is 1. The Morgan fingerprint density at radius 3 is 2.61 bits per heavy atom. The molecule has 1 fully saturated rings. The molecule has 0 aliphatic carbocycles. The van der Waals surface area contributed by atoms with Crippen LogP contribution in [0.25, 0.3) is 0 Å². The third-order valence-corrected chi connectivity index (χ3v) is 6.53. The standard InChI is InChI=1S/C18H25ClN2O6S/c1-3-4-6-21(13-5-7-28(24,25)11-13)18(23)12-8-14(19)17(15(9-12)26-2)27-10-16(20)22/h8-9,13H,3-7,10-11H2,1-2H3,(H2,20,22). The molecule has 2 rings (SSSR count). The molecule has 0 spiro atoms. The van der Waals surface area contributed by atoms with Crippen LogP contribution in [0.1, 0.15) is 36.5 Å². The first-order valence-corrected chi connectivity index (χ1v) is 11.2. The summed E-state index contributed by atoms with van der Waals surface area (Å²) in [6, 6.07) is 2.53. The highest BCUT2D eigenvalue weighted by Gasteiger charge is 2.35. The Labute approximate surface area is 169 Å². The fourth-order valence-electron chi connectivity index (χ4n) is 3.09. The van der Waals surface area contributed by atoms with Crippen LogP contribution in [0, 0.1) is 0 Å². The maximum absolute atomic E-state index is 13.1. The number of amides is 2. The number of unbranched alkanes of at least 4 members (excludes halogenated alkanes) is 1. The first-order chi connectivity index (χ1) is 13.2. The zero-order chi connectivity index (χ0) is 20.9. The molecule has 0 radical (unpaired) electrons. The molecular weight excluding hydrogens is 408 g/mol. The highest BCUT2D eigenvalue weighted by Crippen LogP contribution is 2.37. The van der Waals surface area contributed by atoms with E-state index in [2.05, 4.69) is 0 Å². The quantitative estimate of drug-likeness (QED) is 0.634. The van der Waals surface area contributed by atoms with E-state index in [0.717, 1.165) is 12.8 Å². The van der Waals surface area contributed by atoms with Crippen molar-refractivity contribution in [3.8, 4) is 11.5 Å². The Morgan fingerprint density at radius 2 is 2.07 bits per heavy atom. The van der Waals surface area contributed by atoms with E-state index < -0.39 is 15.7 Å². The van der Waals surface area contributed by atoms with Gasteiger partial charge in [0.2, 0.25) is 0 Å². The lowest BCUT2D eigenvalue weighted by Crippen LogP contribution is -2.41. The van der Waals surface area contributed by atoms with Gasteiger partial charge in [0, 0.05) is 18.2 Å². The summed E-state index contributed by atoms with van der Waals surface area (Å²) < 4.78 is 34.3. The molecular formula is C18H25ClN2O6S. The van der Waals surface area contributed by atoms with Crippen molar-refractivity contribution >= 4 is 33.3 Å². The third-order valence-electron chi connectivity index (χ3n) is 4.50. The number of benzene rings is 1. The zero-order valence-electron chi connectivity index (χ0n) is 15.9. The third kappa shape index (κ3) is 5.51. The van der Waals surface area contributed by atoms with Crippen molar-refractivity contribution in [1.29, 1.82) is 0 Å². The number of nitrogens with zero attached hydrogens (tertiary/aromatic N) is 1. The molecule has 1 aromatic rings. The smallest absolute Gasteiger partial charge is 0.255 e. The van der Waals surface area contributed by atoms with Crippen LogP contribution >= 0.6 is 11.6 Å². The first-order valence-electron chi connectivity index (χ1n) is 8.98. The van der Waals surface area contributed by atoms with Gasteiger partial charge < -0.3 is 20.1 Å². The van der Waals surface area contributed by atoms with Crippen LogP contribution in [0.4, 0.5) is 0 Å². The summed E-state index contributed by atoms with van der Waals surface area (Å²) >= 11 is 6.23. The number of carbonyl (C=O) groups excluding carboxylic acids is 2. The highest BCUT2D eigenvalue weighted by molar-refractivity contribution is 7.91. The molecule has 1 saturated heterocycles. The normalized spacial score (nSPS) is 17.9. The van der Waals surface area contributed by atoms with E-state index >= 15 is 0 Å². The summed E-state index contributed by atoms with van der Waals surface area (Å²) in [4.78, 5) is 25.7. The van der Waals surface area contributed by atoms with Crippen molar-refractivity contribution in [2.75, 3.05) is 31.8 Å². The van der Waals surface area contributed by atoms with Crippen LogP contribution in [-0.4, -0.2) is 62.9 Å². The lowest BCUT2D eigenvalue weighted by molar-refractivity contribution is -0.119. The number of ether oxygens (including phenoxy) is 2. The summed E-state index contributed by atoms with van der Waals surface area (Å²) in [5.41, 5.74) is 5.34. The largest absolute Gasteiger partial charge is 0.493 e. The number of hydrogen-bond acceptors (Lipinski definition) is 6. The van der Waals surface area contributed by atoms with Crippen molar-refractivity contribution in [3.05, 3.63) is 22.7 Å². The van der Waals surface area contributed by atoms with Crippen molar-refractivity contribution in [1.82, 2.24) is 4.90 Å². The summed E-state index contributed by atoms with van der Waals surface area (Å²) in [5, 5.41) is 0.0958. The fourth-order valence-corrected chi connectivity index (χ4v) is 5.09. The minimum Gasteiger partial charge on any atom is -0.493 e. The fraction of sp³-hybridized carbons (Fsp3) is 0.556. The van der Waals surface area contributed by atoms with Crippen LogP contribution in [-0.2, 0) is 14.6 Å². The zero-order valence-corrected chi connectivity index (χ0v) is 17.5. The number of methoxy groups -OCH3 is 1. The number of hydrogen-bond donors (Lipinski definition) is 1. The van der Waals surface area contributed by atoms with E-state index in [0.29, 0.717) is 13.0 Å². The van der Waals surface area contributed by atoms with Crippen molar-refractivity contribution in [2.24, 2.45) is 5.73 Å². The van der Waals surface area contributed by atoms with Gasteiger partial charge in [-0.3, -0.25) is 9.59 Å². The molecule has 1 atom stereocenters. The average Bonchev–Trinajstić information content (AvgIpc) is 2.99. The first kappa shape index (κ1) is 22.3. The van der Waals surface area contributed by atoms with Crippen molar-refractivity contribution < 1.29 is 27.5 Å². The van der Waals surface area contributed by atoms with Crippen LogP contribution < -0.4 is 15.2 Å². The Balaban J connectivity index is 2.33. The molecule has 0 saturated carbocycles. The van der Waals surface area contributed by atoms with E-state index in [-0.39, 0.29) is 52.1 Å². The molecule has 1 aliphatic heterocycles.